The van der Waals surface area contributed by atoms with Crippen LogP contribution in [0.4, 0.5) is 11.4 Å². The van der Waals surface area contributed by atoms with Crippen molar-refractivity contribution in [3.63, 3.8) is 0 Å². The van der Waals surface area contributed by atoms with Gasteiger partial charge < -0.3 is 20.9 Å². The number of anilines is 2. The summed E-state index contributed by atoms with van der Waals surface area (Å²) in [6, 6.07) is 7.24. The second-order valence-electron chi connectivity index (χ2n) is 5.42. The number of amides is 1. The Labute approximate surface area is 120 Å². The van der Waals surface area contributed by atoms with Crippen LogP contribution in [0.15, 0.2) is 24.3 Å². The first-order valence-corrected chi connectivity index (χ1v) is 7.20. The lowest BCUT2D eigenvalue weighted by Gasteiger charge is -2.19. The highest BCUT2D eigenvalue weighted by Crippen LogP contribution is 2.11. The van der Waals surface area contributed by atoms with E-state index in [9.17, 15) is 4.79 Å². The minimum absolute atomic E-state index is 0.0624. The Morgan fingerprint density at radius 2 is 1.95 bits per heavy atom. The number of nitrogens with two attached hydrogens (primary N) is 1. The molecule has 3 N–H and O–H groups in total. The number of nitrogens with zero attached hydrogens (tertiary/aromatic N) is 2. The van der Waals surface area contributed by atoms with E-state index in [1.54, 1.807) is 12.1 Å². The number of carbonyl (C=O) groups excluding carboxylic acids is 1. The number of benzene rings is 1. The topological polar surface area (TPSA) is 61.6 Å². The molecule has 5 heteroatoms. The predicted molar refractivity (Wildman–Crippen MR) is 82.7 cm³/mol. The van der Waals surface area contributed by atoms with Gasteiger partial charge in [-0.1, -0.05) is 0 Å². The fourth-order valence-electron chi connectivity index (χ4n) is 2.37. The zero-order chi connectivity index (χ0) is 14.4. The van der Waals surface area contributed by atoms with Crippen molar-refractivity contribution < 1.29 is 4.79 Å². The molecule has 1 aliphatic heterocycles. The van der Waals surface area contributed by atoms with Gasteiger partial charge in [-0.15, -0.1) is 0 Å². The molecule has 1 amide bonds. The van der Waals surface area contributed by atoms with Crippen molar-refractivity contribution in [1.82, 2.24) is 9.80 Å². The molecule has 20 heavy (non-hydrogen) atoms. The van der Waals surface area contributed by atoms with Crippen molar-refractivity contribution in [2.75, 3.05) is 50.8 Å². The standard InChI is InChI=1S/C15H24N4O/c1-18-8-2-9-19(12-11-18)10-7-15(20)17-14-5-3-13(16)4-6-14/h3-6H,2,7-12,16H2,1H3,(H,17,20). The van der Waals surface area contributed by atoms with Crippen molar-refractivity contribution in [2.45, 2.75) is 12.8 Å². The molecule has 0 bridgehead atoms. The summed E-state index contributed by atoms with van der Waals surface area (Å²) in [5, 5.41) is 2.90. The normalized spacial score (nSPS) is 17.6. The molecule has 2 rings (SSSR count). The average Bonchev–Trinajstić information content (AvgIpc) is 2.64. The van der Waals surface area contributed by atoms with Crippen LogP contribution >= 0.6 is 0 Å². The Morgan fingerprint density at radius 3 is 2.70 bits per heavy atom. The third-order valence-electron chi connectivity index (χ3n) is 3.66. The lowest BCUT2D eigenvalue weighted by atomic mass is 10.2. The van der Waals surface area contributed by atoms with Crippen LogP contribution < -0.4 is 11.1 Å². The molecule has 0 radical (unpaired) electrons. The molecule has 0 atom stereocenters. The summed E-state index contributed by atoms with van der Waals surface area (Å²) in [7, 11) is 2.15. The van der Waals surface area contributed by atoms with E-state index in [1.807, 2.05) is 12.1 Å². The Balaban J connectivity index is 1.73. The largest absolute Gasteiger partial charge is 0.399 e. The zero-order valence-corrected chi connectivity index (χ0v) is 12.1. The summed E-state index contributed by atoms with van der Waals surface area (Å²) in [5.74, 6) is 0.0624. The van der Waals surface area contributed by atoms with E-state index in [0.29, 0.717) is 12.1 Å². The van der Waals surface area contributed by atoms with E-state index in [4.69, 9.17) is 5.73 Å². The van der Waals surface area contributed by atoms with Gasteiger partial charge in [0.2, 0.25) is 5.91 Å². The van der Waals surface area contributed by atoms with Crippen LogP contribution in [-0.4, -0.2) is 55.5 Å². The molecular formula is C15H24N4O. The molecular weight excluding hydrogens is 252 g/mol. The van der Waals surface area contributed by atoms with Gasteiger partial charge >= 0.3 is 0 Å². The van der Waals surface area contributed by atoms with Gasteiger partial charge in [0.1, 0.15) is 0 Å². The maximum atomic E-state index is 11.9. The highest BCUT2D eigenvalue weighted by atomic mass is 16.1. The number of likely N-dealkylation sites (N-methyl/N-ethyl adjacent to an activating group) is 1. The van der Waals surface area contributed by atoms with Crippen molar-refractivity contribution in [2.24, 2.45) is 0 Å². The van der Waals surface area contributed by atoms with Crippen LogP contribution in [0.5, 0.6) is 0 Å². The van der Waals surface area contributed by atoms with Crippen LogP contribution in [0, 0.1) is 0 Å². The summed E-state index contributed by atoms with van der Waals surface area (Å²) in [5.41, 5.74) is 7.13. The van der Waals surface area contributed by atoms with Crippen LogP contribution in [0.2, 0.25) is 0 Å². The molecule has 1 aliphatic rings. The van der Waals surface area contributed by atoms with Gasteiger partial charge in [-0.2, -0.15) is 0 Å². The number of nitrogens with one attached hydrogen (secondary N) is 1. The average molecular weight is 276 g/mol. The number of hydrogen-bond acceptors (Lipinski definition) is 4. The van der Waals surface area contributed by atoms with Gasteiger partial charge in [0.15, 0.2) is 0 Å². The molecule has 0 spiro atoms. The Kier molecular flexibility index (Phi) is 5.38. The van der Waals surface area contributed by atoms with Crippen LogP contribution in [0.25, 0.3) is 0 Å². The van der Waals surface area contributed by atoms with Crippen molar-refractivity contribution in [1.29, 1.82) is 0 Å². The van der Waals surface area contributed by atoms with Gasteiger partial charge in [-0.3, -0.25) is 4.79 Å². The lowest BCUT2D eigenvalue weighted by molar-refractivity contribution is -0.116. The first-order valence-electron chi connectivity index (χ1n) is 7.20. The van der Waals surface area contributed by atoms with Gasteiger partial charge in [0, 0.05) is 37.4 Å². The molecule has 1 saturated heterocycles. The fraction of sp³-hybridized carbons (Fsp3) is 0.533. The lowest BCUT2D eigenvalue weighted by Crippen LogP contribution is -2.31. The van der Waals surface area contributed by atoms with Crippen LogP contribution in [0.1, 0.15) is 12.8 Å². The molecule has 1 heterocycles. The van der Waals surface area contributed by atoms with Gasteiger partial charge in [0.25, 0.3) is 0 Å². The molecule has 1 fully saturated rings. The van der Waals surface area contributed by atoms with Crippen molar-refractivity contribution in [3.05, 3.63) is 24.3 Å². The summed E-state index contributed by atoms with van der Waals surface area (Å²) in [4.78, 5) is 16.6. The Morgan fingerprint density at radius 1 is 1.20 bits per heavy atom. The van der Waals surface area contributed by atoms with E-state index in [2.05, 4.69) is 22.2 Å². The molecule has 0 aromatic heterocycles. The highest BCUT2D eigenvalue weighted by molar-refractivity contribution is 5.90. The fourth-order valence-corrected chi connectivity index (χ4v) is 2.37. The monoisotopic (exact) mass is 276 g/mol. The molecule has 1 aromatic carbocycles. The SMILES string of the molecule is CN1CCCN(CCC(=O)Nc2ccc(N)cc2)CC1. The van der Waals surface area contributed by atoms with E-state index < -0.39 is 0 Å². The number of hydrogen-bond donors (Lipinski definition) is 2. The molecule has 0 aliphatic carbocycles. The molecule has 1 aromatic rings. The highest BCUT2D eigenvalue weighted by Gasteiger charge is 2.13. The maximum Gasteiger partial charge on any atom is 0.225 e. The third kappa shape index (κ3) is 4.83. The van der Waals surface area contributed by atoms with E-state index in [1.165, 1.54) is 6.42 Å². The van der Waals surface area contributed by atoms with Crippen LogP contribution in [-0.2, 0) is 4.79 Å². The van der Waals surface area contributed by atoms with Crippen LogP contribution in [0.3, 0.4) is 0 Å². The minimum atomic E-state index is 0.0624. The van der Waals surface area contributed by atoms with Gasteiger partial charge in [-0.25, -0.2) is 0 Å². The predicted octanol–water partition coefficient (Wildman–Crippen LogP) is 1.23. The summed E-state index contributed by atoms with van der Waals surface area (Å²) < 4.78 is 0. The van der Waals surface area contributed by atoms with E-state index in [-0.39, 0.29) is 5.91 Å². The Hall–Kier alpha value is -1.59. The quantitative estimate of drug-likeness (QED) is 0.812. The van der Waals surface area contributed by atoms with E-state index in [0.717, 1.165) is 38.4 Å². The first-order chi connectivity index (χ1) is 9.63. The molecule has 0 saturated carbocycles. The summed E-state index contributed by atoms with van der Waals surface area (Å²) in [6.07, 6.45) is 1.71. The molecule has 110 valence electrons. The minimum Gasteiger partial charge on any atom is -0.399 e. The van der Waals surface area contributed by atoms with Crippen molar-refractivity contribution in [3.8, 4) is 0 Å². The second-order valence-corrected chi connectivity index (χ2v) is 5.42. The smallest absolute Gasteiger partial charge is 0.225 e. The Bertz CT molecular complexity index is 432. The third-order valence-corrected chi connectivity index (χ3v) is 3.66. The number of rotatable bonds is 4. The van der Waals surface area contributed by atoms with E-state index >= 15 is 0 Å². The summed E-state index contributed by atoms with van der Waals surface area (Å²) in [6.45, 7) is 5.19. The molecule has 5 nitrogen and oxygen atoms in total. The number of carbonyl (C=O) groups is 1. The molecule has 0 unspecified atom stereocenters. The van der Waals surface area contributed by atoms with Gasteiger partial charge in [-0.05, 0) is 50.8 Å². The summed E-state index contributed by atoms with van der Waals surface area (Å²) >= 11 is 0. The maximum absolute atomic E-state index is 11.9. The number of nitrogen functional groups attached to an aromatic ring is 1. The first kappa shape index (κ1) is 14.8. The van der Waals surface area contributed by atoms with Crippen molar-refractivity contribution >= 4 is 17.3 Å². The van der Waals surface area contributed by atoms with Gasteiger partial charge in [0.05, 0.1) is 0 Å². The second kappa shape index (κ2) is 7.26. The zero-order valence-electron chi connectivity index (χ0n) is 12.1.